The molecule has 0 aromatic carbocycles. The van der Waals surface area contributed by atoms with Crippen molar-refractivity contribution in [2.75, 3.05) is 0 Å². The van der Waals surface area contributed by atoms with Crippen LogP contribution in [-0.2, 0) is 0 Å². The van der Waals surface area contributed by atoms with Crippen LogP contribution in [0.1, 0.15) is 51.4 Å². The average Bonchev–Trinajstić information content (AvgIpc) is 2.18. The van der Waals surface area contributed by atoms with Crippen LogP contribution in [0.5, 0.6) is 0 Å². The molecule has 0 saturated carbocycles. The Morgan fingerprint density at radius 2 is 1.08 bits per heavy atom. The molecule has 73 valence electrons. The predicted octanol–water partition coefficient (Wildman–Crippen LogP) is 4.44. The lowest BCUT2D eigenvalue weighted by atomic mass is 10.1. The number of allylic oxidation sites excluding steroid dienone is 4. The highest BCUT2D eigenvalue weighted by molar-refractivity contribution is 4.92. The molecule has 0 aromatic heterocycles. The van der Waals surface area contributed by atoms with Crippen molar-refractivity contribution < 1.29 is 0 Å². The summed E-state index contributed by atoms with van der Waals surface area (Å²) >= 11 is 0. The van der Waals surface area contributed by atoms with Crippen molar-refractivity contribution in [1.29, 1.82) is 0 Å². The largest absolute Gasteiger partial charge is 0.0885 e. The van der Waals surface area contributed by atoms with Crippen LogP contribution in [0.25, 0.3) is 0 Å². The van der Waals surface area contributed by atoms with Crippen LogP contribution < -0.4 is 0 Å². The molecule has 0 unspecified atom stereocenters. The molecule has 1 radical (unpaired) electrons. The van der Waals surface area contributed by atoms with Gasteiger partial charge in [-0.3, -0.25) is 0 Å². The highest BCUT2D eigenvalue weighted by Gasteiger charge is 1.89. The first-order valence-corrected chi connectivity index (χ1v) is 5.62. The zero-order chi connectivity index (χ0) is 9.19. The highest BCUT2D eigenvalue weighted by Crippen LogP contribution is 2.08. The molecule has 0 nitrogen and oxygen atoms in total. The summed E-state index contributed by atoms with van der Waals surface area (Å²) in [6.45, 7) is 0. The van der Waals surface area contributed by atoms with E-state index in [-0.39, 0.29) is 0 Å². The van der Waals surface area contributed by atoms with Crippen LogP contribution in [-0.4, -0.2) is 0 Å². The minimum absolute atomic E-state index is 1.14. The van der Waals surface area contributed by atoms with Crippen molar-refractivity contribution in [1.82, 2.24) is 0 Å². The molecular weight excluding hydrogens is 156 g/mol. The van der Waals surface area contributed by atoms with E-state index in [1.807, 2.05) is 0 Å². The molecule has 0 aromatic rings. The van der Waals surface area contributed by atoms with Gasteiger partial charge in [-0.05, 0) is 44.9 Å². The summed E-state index contributed by atoms with van der Waals surface area (Å²) in [6, 6.07) is 0. The molecular formula is C13H21. The van der Waals surface area contributed by atoms with Crippen LogP contribution in [0.15, 0.2) is 24.3 Å². The van der Waals surface area contributed by atoms with Crippen LogP contribution in [0, 0.1) is 6.42 Å². The van der Waals surface area contributed by atoms with Crippen molar-refractivity contribution in [3.05, 3.63) is 30.7 Å². The molecule has 0 bridgehead atoms. The zero-order valence-corrected chi connectivity index (χ0v) is 8.54. The molecule has 0 heteroatoms. The summed E-state index contributed by atoms with van der Waals surface area (Å²) in [5.74, 6) is 0. The summed E-state index contributed by atoms with van der Waals surface area (Å²) in [5.41, 5.74) is 0. The van der Waals surface area contributed by atoms with E-state index in [0.717, 1.165) is 12.8 Å². The van der Waals surface area contributed by atoms with Crippen LogP contribution in [0.2, 0.25) is 0 Å². The average molecular weight is 177 g/mol. The van der Waals surface area contributed by atoms with Crippen molar-refractivity contribution in [2.24, 2.45) is 0 Å². The number of rotatable bonds is 0. The molecule has 1 rings (SSSR count). The second-order valence-electron chi connectivity index (χ2n) is 3.69. The van der Waals surface area contributed by atoms with Gasteiger partial charge in [-0.1, -0.05) is 37.1 Å². The van der Waals surface area contributed by atoms with Crippen molar-refractivity contribution >= 4 is 0 Å². The Kier molecular flexibility index (Phi) is 6.58. The molecule has 13 heavy (non-hydrogen) atoms. The first kappa shape index (κ1) is 10.6. The molecule has 0 heterocycles. The molecule has 0 saturated heterocycles. The minimum atomic E-state index is 1.14. The Morgan fingerprint density at radius 3 is 1.62 bits per heavy atom. The van der Waals surface area contributed by atoms with E-state index < -0.39 is 0 Å². The van der Waals surface area contributed by atoms with Gasteiger partial charge in [-0.15, -0.1) is 0 Å². The van der Waals surface area contributed by atoms with Crippen molar-refractivity contribution in [3.63, 3.8) is 0 Å². The predicted molar refractivity (Wildman–Crippen MR) is 59.5 cm³/mol. The third-order valence-corrected chi connectivity index (χ3v) is 2.43. The van der Waals surface area contributed by atoms with E-state index >= 15 is 0 Å². The van der Waals surface area contributed by atoms with E-state index in [9.17, 15) is 0 Å². The second kappa shape index (κ2) is 8.10. The fourth-order valence-corrected chi connectivity index (χ4v) is 1.59. The van der Waals surface area contributed by atoms with Crippen molar-refractivity contribution in [3.8, 4) is 0 Å². The van der Waals surface area contributed by atoms with E-state index in [1.165, 1.54) is 38.5 Å². The first-order valence-electron chi connectivity index (χ1n) is 5.62. The van der Waals surface area contributed by atoms with Gasteiger partial charge >= 0.3 is 0 Å². The van der Waals surface area contributed by atoms with E-state index in [2.05, 4.69) is 30.7 Å². The second-order valence-corrected chi connectivity index (χ2v) is 3.69. The van der Waals surface area contributed by atoms with Crippen molar-refractivity contribution in [2.45, 2.75) is 51.4 Å². The van der Waals surface area contributed by atoms with Gasteiger partial charge in [0.05, 0.1) is 0 Å². The summed E-state index contributed by atoms with van der Waals surface area (Å²) in [6.07, 6.45) is 22.0. The van der Waals surface area contributed by atoms with E-state index in [1.54, 1.807) is 0 Å². The maximum atomic E-state index is 2.34. The molecule has 0 aliphatic heterocycles. The van der Waals surface area contributed by atoms with Gasteiger partial charge in [-0.25, -0.2) is 0 Å². The minimum Gasteiger partial charge on any atom is -0.0885 e. The summed E-state index contributed by atoms with van der Waals surface area (Å²) in [7, 11) is 0. The number of hydrogen-bond acceptors (Lipinski definition) is 0. The summed E-state index contributed by atoms with van der Waals surface area (Å²) < 4.78 is 0. The van der Waals surface area contributed by atoms with Gasteiger partial charge in [0.1, 0.15) is 0 Å². The zero-order valence-electron chi connectivity index (χ0n) is 8.54. The van der Waals surface area contributed by atoms with Gasteiger partial charge < -0.3 is 0 Å². The van der Waals surface area contributed by atoms with Gasteiger partial charge in [-0.2, -0.15) is 0 Å². The third-order valence-electron chi connectivity index (χ3n) is 2.43. The van der Waals surface area contributed by atoms with Gasteiger partial charge in [0.2, 0.25) is 0 Å². The van der Waals surface area contributed by atoms with Crippen LogP contribution in [0.3, 0.4) is 0 Å². The maximum absolute atomic E-state index is 2.34. The monoisotopic (exact) mass is 177 g/mol. The Bertz CT molecular complexity index is 135. The standard InChI is InChI=1S/C13H21/c1-2-4-6-8-10-12-13-11-9-7-5-3-1/h1-2,5,9,11H,3-4,6-8,10,12-13H2. The SMILES string of the molecule is [CH]1CC=CCCCCCCC=CC1. The topological polar surface area (TPSA) is 0 Å². The Hall–Kier alpha value is -0.520. The van der Waals surface area contributed by atoms with Gasteiger partial charge in [0.25, 0.3) is 0 Å². The molecule has 1 aliphatic carbocycles. The maximum Gasteiger partial charge on any atom is -0.0311 e. The highest BCUT2D eigenvalue weighted by atomic mass is 14.0. The smallest absolute Gasteiger partial charge is 0.0311 e. The lowest BCUT2D eigenvalue weighted by Crippen LogP contribution is -1.76. The van der Waals surface area contributed by atoms with E-state index in [4.69, 9.17) is 0 Å². The first-order chi connectivity index (χ1) is 6.50. The molecule has 1 aliphatic rings. The molecule has 0 atom stereocenters. The lowest BCUT2D eigenvalue weighted by Gasteiger charge is -1.95. The molecule has 0 amide bonds. The van der Waals surface area contributed by atoms with E-state index in [0.29, 0.717) is 0 Å². The molecule has 0 N–H and O–H groups in total. The summed E-state index contributed by atoms with van der Waals surface area (Å²) in [5, 5.41) is 0. The fourth-order valence-electron chi connectivity index (χ4n) is 1.59. The van der Waals surface area contributed by atoms with Gasteiger partial charge in [0, 0.05) is 0 Å². The third kappa shape index (κ3) is 6.62. The van der Waals surface area contributed by atoms with Gasteiger partial charge in [0.15, 0.2) is 0 Å². The Balaban J connectivity index is 2.18. The lowest BCUT2D eigenvalue weighted by molar-refractivity contribution is 0.652. The quantitative estimate of drug-likeness (QED) is 0.480. The number of hydrogen-bond donors (Lipinski definition) is 0. The normalized spacial score (nSPS) is 21.5. The Morgan fingerprint density at radius 1 is 0.538 bits per heavy atom. The summed E-state index contributed by atoms with van der Waals surface area (Å²) in [4.78, 5) is 0. The molecule has 0 fully saturated rings. The van der Waals surface area contributed by atoms with Crippen LogP contribution >= 0.6 is 0 Å². The molecule has 0 spiro atoms. The van der Waals surface area contributed by atoms with Crippen LogP contribution in [0.4, 0.5) is 0 Å². The Labute approximate surface area is 82.7 Å². The fraction of sp³-hybridized carbons (Fsp3) is 0.615.